The molecule has 1 aliphatic rings. The summed E-state index contributed by atoms with van der Waals surface area (Å²) in [6, 6.07) is 23.6. The maximum Gasteiger partial charge on any atom is 0.411 e. The van der Waals surface area contributed by atoms with Crippen molar-refractivity contribution in [3.63, 3.8) is 0 Å². The zero-order chi connectivity index (χ0) is 23.4. The molecule has 2 N–H and O–H groups in total. The summed E-state index contributed by atoms with van der Waals surface area (Å²) in [6.07, 6.45) is 0.646. The third kappa shape index (κ3) is 4.90. The second-order valence-corrected chi connectivity index (χ2v) is 8.44. The SMILES string of the molecule is C[C@@H](c1ccc(-c2ccc(F)cc2)cc1)N1CCC(CCC(N)=O)(c2ccccc2)OC1=O. The molecule has 1 heterocycles. The van der Waals surface area contributed by atoms with Crippen molar-refractivity contribution < 1.29 is 18.7 Å². The number of carbonyl (C=O) groups excluding carboxylic acids is 2. The Labute approximate surface area is 193 Å². The smallest absolute Gasteiger partial charge is 0.411 e. The lowest BCUT2D eigenvalue weighted by atomic mass is 9.84. The van der Waals surface area contributed by atoms with Crippen molar-refractivity contribution >= 4 is 12.0 Å². The van der Waals surface area contributed by atoms with Gasteiger partial charge in [-0.2, -0.15) is 0 Å². The number of nitrogens with two attached hydrogens (primary N) is 1. The maximum atomic E-state index is 13.2. The Morgan fingerprint density at radius 3 is 2.21 bits per heavy atom. The Hall–Kier alpha value is -3.67. The molecule has 2 amide bonds. The Balaban J connectivity index is 1.51. The van der Waals surface area contributed by atoms with Crippen molar-refractivity contribution in [1.29, 1.82) is 0 Å². The molecule has 2 atom stereocenters. The van der Waals surface area contributed by atoms with Crippen molar-refractivity contribution in [3.8, 4) is 11.1 Å². The fourth-order valence-corrected chi connectivity index (χ4v) is 4.39. The number of cyclic esters (lactones) is 1. The molecule has 0 radical (unpaired) electrons. The molecule has 0 saturated carbocycles. The molecular formula is C27H27FN2O3. The van der Waals surface area contributed by atoms with E-state index in [4.69, 9.17) is 10.5 Å². The van der Waals surface area contributed by atoms with Gasteiger partial charge in [-0.1, -0.05) is 66.7 Å². The van der Waals surface area contributed by atoms with Crippen LogP contribution in [0, 0.1) is 5.82 Å². The summed E-state index contributed by atoms with van der Waals surface area (Å²) in [5, 5.41) is 0. The highest BCUT2D eigenvalue weighted by Gasteiger charge is 2.43. The maximum absolute atomic E-state index is 13.2. The van der Waals surface area contributed by atoms with E-state index in [1.165, 1.54) is 12.1 Å². The van der Waals surface area contributed by atoms with Crippen molar-refractivity contribution in [1.82, 2.24) is 4.90 Å². The first-order valence-electron chi connectivity index (χ1n) is 11.1. The van der Waals surface area contributed by atoms with Gasteiger partial charge in [0.15, 0.2) is 0 Å². The third-order valence-electron chi connectivity index (χ3n) is 6.39. The topological polar surface area (TPSA) is 72.6 Å². The van der Waals surface area contributed by atoms with Crippen LogP contribution in [-0.4, -0.2) is 23.4 Å². The van der Waals surface area contributed by atoms with Gasteiger partial charge in [0, 0.05) is 25.8 Å². The van der Waals surface area contributed by atoms with Crippen LogP contribution in [0.3, 0.4) is 0 Å². The van der Waals surface area contributed by atoms with E-state index in [2.05, 4.69) is 0 Å². The van der Waals surface area contributed by atoms with Gasteiger partial charge in [-0.15, -0.1) is 0 Å². The molecule has 0 spiro atoms. The predicted octanol–water partition coefficient (Wildman–Crippen LogP) is 5.56. The van der Waals surface area contributed by atoms with E-state index in [9.17, 15) is 14.0 Å². The number of nitrogens with zero attached hydrogens (tertiary/aromatic N) is 1. The van der Waals surface area contributed by atoms with Crippen molar-refractivity contribution in [2.24, 2.45) is 5.73 Å². The number of ether oxygens (including phenoxy) is 1. The number of benzene rings is 3. The molecule has 0 aromatic heterocycles. The summed E-state index contributed by atoms with van der Waals surface area (Å²) in [4.78, 5) is 26.3. The molecule has 1 fully saturated rings. The molecule has 4 rings (SSSR count). The fourth-order valence-electron chi connectivity index (χ4n) is 4.39. The highest BCUT2D eigenvalue weighted by atomic mass is 19.1. The van der Waals surface area contributed by atoms with Gasteiger partial charge in [-0.25, -0.2) is 9.18 Å². The number of hydrogen-bond donors (Lipinski definition) is 1. The summed E-state index contributed by atoms with van der Waals surface area (Å²) in [5.41, 5.74) is 8.27. The standard InChI is InChI=1S/C27H27FN2O3/c1-19(20-7-9-21(10-8-20)22-11-13-24(28)14-12-22)30-18-17-27(33-26(30)32,16-15-25(29)31)23-5-3-2-4-6-23/h2-14,19H,15-18H2,1H3,(H2,29,31)/t19-,27?/m0/s1. The molecule has 0 aliphatic carbocycles. The minimum Gasteiger partial charge on any atom is -0.438 e. The van der Waals surface area contributed by atoms with Gasteiger partial charge in [0.25, 0.3) is 0 Å². The summed E-state index contributed by atoms with van der Waals surface area (Å²) in [5.74, 6) is -0.687. The fraction of sp³-hybridized carbons (Fsp3) is 0.259. The van der Waals surface area contributed by atoms with Gasteiger partial charge in [-0.3, -0.25) is 4.79 Å². The summed E-state index contributed by atoms with van der Waals surface area (Å²) < 4.78 is 19.2. The predicted molar refractivity (Wildman–Crippen MR) is 125 cm³/mol. The highest BCUT2D eigenvalue weighted by Crippen LogP contribution is 2.40. The third-order valence-corrected chi connectivity index (χ3v) is 6.39. The normalized spacial score (nSPS) is 19.1. The molecule has 3 aromatic rings. The largest absolute Gasteiger partial charge is 0.438 e. The van der Waals surface area contributed by atoms with Crippen LogP contribution in [-0.2, 0) is 15.1 Å². The lowest BCUT2D eigenvalue weighted by Crippen LogP contribution is -2.49. The molecule has 1 aliphatic heterocycles. The zero-order valence-electron chi connectivity index (χ0n) is 18.5. The van der Waals surface area contributed by atoms with Crippen LogP contribution in [0.2, 0.25) is 0 Å². The van der Waals surface area contributed by atoms with Crippen LogP contribution in [0.1, 0.15) is 43.4 Å². The molecule has 33 heavy (non-hydrogen) atoms. The lowest BCUT2D eigenvalue weighted by molar-refractivity contribution is -0.121. The van der Waals surface area contributed by atoms with Gasteiger partial charge in [0.2, 0.25) is 5.91 Å². The Kier molecular flexibility index (Phi) is 6.45. The quantitative estimate of drug-likeness (QED) is 0.517. The second-order valence-electron chi connectivity index (χ2n) is 8.44. The van der Waals surface area contributed by atoms with E-state index in [1.54, 1.807) is 17.0 Å². The van der Waals surface area contributed by atoms with Crippen LogP contribution >= 0.6 is 0 Å². The van der Waals surface area contributed by atoms with Crippen LogP contribution in [0.15, 0.2) is 78.9 Å². The monoisotopic (exact) mass is 446 g/mol. The van der Waals surface area contributed by atoms with Crippen LogP contribution in [0.25, 0.3) is 11.1 Å². The van der Waals surface area contributed by atoms with Gasteiger partial charge in [-0.05, 0) is 41.3 Å². The molecule has 1 saturated heterocycles. The highest BCUT2D eigenvalue weighted by molar-refractivity contribution is 5.74. The average Bonchev–Trinajstić information content (AvgIpc) is 2.83. The summed E-state index contributed by atoms with van der Waals surface area (Å²) in [7, 11) is 0. The van der Waals surface area contributed by atoms with E-state index in [-0.39, 0.29) is 18.3 Å². The zero-order valence-corrected chi connectivity index (χ0v) is 18.5. The van der Waals surface area contributed by atoms with Crippen LogP contribution in [0.5, 0.6) is 0 Å². The van der Waals surface area contributed by atoms with Gasteiger partial charge < -0.3 is 15.4 Å². The molecule has 3 aromatic carbocycles. The Morgan fingerprint density at radius 2 is 1.64 bits per heavy atom. The first-order valence-corrected chi connectivity index (χ1v) is 11.1. The van der Waals surface area contributed by atoms with E-state index < -0.39 is 17.6 Å². The Bertz CT molecular complexity index is 1120. The first kappa shape index (κ1) is 22.5. The number of hydrogen-bond acceptors (Lipinski definition) is 3. The van der Waals surface area contributed by atoms with Crippen molar-refractivity contribution in [2.75, 3.05) is 6.54 Å². The number of primary amides is 1. The van der Waals surface area contributed by atoms with Crippen molar-refractivity contribution in [2.45, 2.75) is 37.8 Å². The van der Waals surface area contributed by atoms with E-state index in [0.29, 0.717) is 19.4 Å². The van der Waals surface area contributed by atoms with Gasteiger partial charge in [0.1, 0.15) is 11.4 Å². The number of amides is 2. The number of rotatable bonds is 7. The van der Waals surface area contributed by atoms with E-state index >= 15 is 0 Å². The van der Waals surface area contributed by atoms with Gasteiger partial charge in [0.05, 0.1) is 6.04 Å². The van der Waals surface area contributed by atoms with Gasteiger partial charge >= 0.3 is 6.09 Å². The number of halogens is 1. The first-order chi connectivity index (χ1) is 15.9. The average molecular weight is 447 g/mol. The molecule has 170 valence electrons. The lowest BCUT2D eigenvalue weighted by Gasteiger charge is -2.43. The van der Waals surface area contributed by atoms with Crippen LogP contribution in [0.4, 0.5) is 9.18 Å². The molecule has 6 heteroatoms. The van der Waals surface area contributed by atoms with E-state index in [1.807, 2.05) is 61.5 Å². The van der Waals surface area contributed by atoms with Crippen molar-refractivity contribution in [3.05, 3.63) is 95.8 Å². The summed E-state index contributed by atoms with van der Waals surface area (Å²) in [6.45, 7) is 2.46. The minimum absolute atomic E-state index is 0.141. The van der Waals surface area contributed by atoms with E-state index in [0.717, 1.165) is 22.3 Å². The molecule has 5 nitrogen and oxygen atoms in total. The minimum atomic E-state index is -0.865. The second kappa shape index (κ2) is 9.45. The van der Waals surface area contributed by atoms with Crippen LogP contribution < -0.4 is 5.73 Å². The summed E-state index contributed by atoms with van der Waals surface area (Å²) >= 11 is 0. The molecule has 1 unspecified atom stereocenters. The number of carbonyl (C=O) groups is 2. The Morgan fingerprint density at radius 1 is 1.03 bits per heavy atom. The molecule has 0 bridgehead atoms. The molecular weight excluding hydrogens is 419 g/mol.